The van der Waals surface area contributed by atoms with E-state index in [0.717, 1.165) is 22.9 Å². The predicted octanol–water partition coefficient (Wildman–Crippen LogP) is 1.65. The Kier molecular flexibility index (Phi) is 7.84. The third-order valence-corrected chi connectivity index (χ3v) is 6.43. The van der Waals surface area contributed by atoms with Gasteiger partial charge in [0.15, 0.2) is 17.6 Å². The number of hydrogen-bond donors (Lipinski definition) is 5. The predicted molar refractivity (Wildman–Crippen MR) is 135 cm³/mol. The number of para-hydroxylation sites is 1. The van der Waals surface area contributed by atoms with Gasteiger partial charge in [-0.05, 0) is 50.7 Å². The van der Waals surface area contributed by atoms with Gasteiger partial charge in [-0.25, -0.2) is 4.79 Å². The van der Waals surface area contributed by atoms with E-state index in [4.69, 9.17) is 21.7 Å². The quantitative estimate of drug-likeness (QED) is 0.159. The van der Waals surface area contributed by atoms with E-state index in [1.165, 1.54) is 6.92 Å². The van der Waals surface area contributed by atoms with Crippen LogP contribution in [0, 0.1) is 0 Å². The molecule has 3 atom stereocenters. The minimum Gasteiger partial charge on any atom is -0.370 e. The van der Waals surface area contributed by atoms with Crippen LogP contribution < -0.4 is 22.5 Å². The van der Waals surface area contributed by atoms with Gasteiger partial charge in [-0.1, -0.05) is 23.4 Å². The molecule has 1 unspecified atom stereocenters. The lowest BCUT2D eigenvalue weighted by Crippen LogP contribution is -2.46. The number of carbonyl (C=O) groups excluding carboxylic acids is 2. The Hall–Kier alpha value is -3.93. The van der Waals surface area contributed by atoms with Crippen molar-refractivity contribution in [3.8, 4) is 0 Å². The zero-order valence-corrected chi connectivity index (χ0v) is 20.3. The number of nitrogens with zero attached hydrogens (tertiary/aromatic N) is 4. The SMILES string of the molecule is CC(=O)C1CCCN1C(=O)N[C@@H](CCCN=C(N)N)c1nc([C@@H](N)Cc2c[nH]c3ccccc23)no1. The molecular weight excluding hydrogens is 462 g/mol. The smallest absolute Gasteiger partial charge is 0.318 e. The van der Waals surface area contributed by atoms with E-state index >= 15 is 0 Å². The summed E-state index contributed by atoms with van der Waals surface area (Å²) in [5.74, 6) is 0.563. The molecule has 4 rings (SSSR count). The van der Waals surface area contributed by atoms with E-state index < -0.39 is 18.1 Å². The first-order valence-electron chi connectivity index (χ1n) is 12.1. The van der Waals surface area contributed by atoms with Crippen LogP contribution in [0.15, 0.2) is 40.0 Å². The maximum absolute atomic E-state index is 13.0. The highest BCUT2D eigenvalue weighted by molar-refractivity contribution is 5.87. The first kappa shape index (κ1) is 25.2. The van der Waals surface area contributed by atoms with Crippen molar-refractivity contribution in [1.29, 1.82) is 0 Å². The van der Waals surface area contributed by atoms with Gasteiger partial charge in [-0.15, -0.1) is 0 Å². The van der Waals surface area contributed by atoms with Crippen molar-refractivity contribution in [2.45, 2.75) is 57.2 Å². The van der Waals surface area contributed by atoms with Crippen molar-refractivity contribution in [2.24, 2.45) is 22.2 Å². The highest BCUT2D eigenvalue weighted by atomic mass is 16.5. The Morgan fingerprint density at radius 2 is 2.14 bits per heavy atom. The molecule has 0 saturated carbocycles. The second-order valence-electron chi connectivity index (χ2n) is 9.07. The fourth-order valence-corrected chi connectivity index (χ4v) is 4.59. The third-order valence-electron chi connectivity index (χ3n) is 6.43. The summed E-state index contributed by atoms with van der Waals surface area (Å²) in [7, 11) is 0. The molecule has 0 spiro atoms. The summed E-state index contributed by atoms with van der Waals surface area (Å²) in [5, 5.41) is 8.14. The average molecular weight is 496 g/mol. The van der Waals surface area contributed by atoms with Gasteiger partial charge in [-0.3, -0.25) is 9.79 Å². The fourth-order valence-electron chi connectivity index (χ4n) is 4.59. The molecule has 2 amide bonds. The molecule has 1 aliphatic rings. The Bertz CT molecular complexity index is 1230. The molecule has 12 nitrogen and oxygen atoms in total. The number of rotatable bonds is 10. The minimum atomic E-state index is -0.582. The summed E-state index contributed by atoms with van der Waals surface area (Å²) >= 11 is 0. The topological polar surface area (TPSA) is 195 Å². The number of guanidine groups is 1. The highest BCUT2D eigenvalue weighted by Crippen LogP contribution is 2.25. The highest BCUT2D eigenvalue weighted by Gasteiger charge is 2.34. The molecule has 8 N–H and O–H groups in total. The van der Waals surface area contributed by atoms with Crippen LogP contribution in [-0.2, 0) is 11.2 Å². The van der Waals surface area contributed by atoms with Crippen LogP contribution in [0.3, 0.4) is 0 Å². The number of aromatic amines is 1. The lowest BCUT2D eigenvalue weighted by Gasteiger charge is -2.25. The van der Waals surface area contributed by atoms with E-state index in [9.17, 15) is 9.59 Å². The number of hydrogen-bond acceptors (Lipinski definition) is 7. The Balaban J connectivity index is 1.48. The number of Topliss-reactive ketones (excluding diaryl/α,β-unsaturated/α-hetero) is 1. The normalized spacial score (nSPS) is 17.2. The molecule has 2 aromatic heterocycles. The molecule has 0 bridgehead atoms. The van der Waals surface area contributed by atoms with Gasteiger partial charge in [0, 0.05) is 30.2 Å². The molecule has 1 aromatic carbocycles. The van der Waals surface area contributed by atoms with E-state index in [2.05, 4.69) is 25.4 Å². The van der Waals surface area contributed by atoms with Gasteiger partial charge in [0.2, 0.25) is 5.89 Å². The zero-order chi connectivity index (χ0) is 25.7. The van der Waals surface area contributed by atoms with Gasteiger partial charge in [-0.2, -0.15) is 4.98 Å². The molecule has 0 aliphatic carbocycles. The molecule has 1 fully saturated rings. The standard InChI is InChI=1S/C24H33N9O3/c1-14(34)20-9-5-11-33(20)24(35)30-19(8-4-10-28-23(26)27)22-31-21(32-36-22)17(25)12-15-13-29-18-7-3-2-6-16(15)18/h2-3,6-7,13,17,19-20,29H,4-5,8-12,25H2,1H3,(H,30,35)(H4,26,27,28)/t17-,19-,20?/m0/s1. The molecule has 0 radical (unpaired) electrons. The van der Waals surface area contributed by atoms with Crippen molar-refractivity contribution in [1.82, 2.24) is 25.3 Å². The van der Waals surface area contributed by atoms with Crippen molar-refractivity contribution in [3.63, 3.8) is 0 Å². The maximum atomic E-state index is 13.0. The Labute approximate surface area is 208 Å². The monoisotopic (exact) mass is 495 g/mol. The van der Waals surface area contributed by atoms with Crippen LogP contribution in [0.4, 0.5) is 4.79 Å². The summed E-state index contributed by atoms with van der Waals surface area (Å²) in [6, 6.07) is 6.13. The third kappa shape index (κ3) is 5.82. The first-order valence-corrected chi connectivity index (χ1v) is 12.1. The largest absolute Gasteiger partial charge is 0.370 e. The number of H-pyrrole nitrogens is 1. The zero-order valence-electron chi connectivity index (χ0n) is 20.3. The maximum Gasteiger partial charge on any atom is 0.318 e. The van der Waals surface area contributed by atoms with Crippen LogP contribution in [0.1, 0.15) is 62.0 Å². The number of benzene rings is 1. The summed E-state index contributed by atoms with van der Waals surface area (Å²) in [6.45, 7) is 2.40. The van der Waals surface area contributed by atoms with Crippen LogP contribution >= 0.6 is 0 Å². The number of nitrogens with one attached hydrogen (secondary N) is 2. The van der Waals surface area contributed by atoms with E-state index in [-0.39, 0.29) is 23.7 Å². The second kappa shape index (κ2) is 11.2. The molecule has 12 heteroatoms. The molecular formula is C24H33N9O3. The lowest BCUT2D eigenvalue weighted by molar-refractivity contribution is -0.120. The van der Waals surface area contributed by atoms with Gasteiger partial charge in [0.1, 0.15) is 6.04 Å². The number of ketones is 1. The molecule has 36 heavy (non-hydrogen) atoms. The molecule has 192 valence electrons. The van der Waals surface area contributed by atoms with Crippen molar-refractivity contribution in [3.05, 3.63) is 47.7 Å². The van der Waals surface area contributed by atoms with Crippen LogP contribution in [-0.4, -0.2) is 56.9 Å². The number of nitrogens with two attached hydrogens (primary N) is 3. The van der Waals surface area contributed by atoms with Gasteiger partial charge < -0.3 is 36.9 Å². The van der Waals surface area contributed by atoms with Crippen LogP contribution in [0.2, 0.25) is 0 Å². The van der Waals surface area contributed by atoms with E-state index in [0.29, 0.717) is 44.6 Å². The van der Waals surface area contributed by atoms with Gasteiger partial charge in [0.25, 0.3) is 0 Å². The number of carbonyl (C=O) groups is 2. The summed E-state index contributed by atoms with van der Waals surface area (Å²) < 4.78 is 5.54. The second-order valence-corrected chi connectivity index (χ2v) is 9.07. The minimum absolute atomic E-state index is 0.000262. The number of fused-ring (bicyclic) bond motifs is 1. The molecule has 1 saturated heterocycles. The molecule has 3 heterocycles. The number of aromatic nitrogens is 3. The fraction of sp³-hybridized carbons (Fsp3) is 0.458. The van der Waals surface area contributed by atoms with Crippen molar-refractivity contribution >= 4 is 28.7 Å². The van der Waals surface area contributed by atoms with Gasteiger partial charge >= 0.3 is 6.03 Å². The lowest BCUT2D eigenvalue weighted by atomic mass is 10.1. The summed E-state index contributed by atoms with van der Waals surface area (Å²) in [4.78, 5) is 38.3. The Morgan fingerprint density at radius 3 is 2.92 bits per heavy atom. The Morgan fingerprint density at radius 1 is 1.33 bits per heavy atom. The number of amides is 2. The van der Waals surface area contributed by atoms with Crippen molar-refractivity contribution < 1.29 is 14.1 Å². The number of urea groups is 1. The van der Waals surface area contributed by atoms with Crippen LogP contribution in [0.25, 0.3) is 10.9 Å². The molecule has 3 aromatic rings. The summed E-state index contributed by atoms with van der Waals surface area (Å²) in [6.07, 6.45) is 4.91. The van der Waals surface area contributed by atoms with Gasteiger partial charge in [0.05, 0.1) is 12.1 Å². The average Bonchev–Trinajstić information content (AvgIpc) is 3.61. The van der Waals surface area contributed by atoms with E-state index in [1.807, 2.05) is 30.5 Å². The molecule has 1 aliphatic heterocycles. The van der Waals surface area contributed by atoms with Crippen LogP contribution in [0.5, 0.6) is 0 Å². The number of likely N-dealkylation sites (tertiary alicyclic amines) is 1. The first-order chi connectivity index (χ1) is 17.3. The van der Waals surface area contributed by atoms with Crippen molar-refractivity contribution in [2.75, 3.05) is 13.1 Å². The number of aliphatic imine (C=N–C) groups is 1. The summed E-state index contributed by atoms with van der Waals surface area (Å²) in [5.41, 5.74) is 19.3. The van der Waals surface area contributed by atoms with E-state index in [1.54, 1.807) is 4.90 Å².